The number of primary amides is 1. The van der Waals surface area contributed by atoms with Gasteiger partial charge in [0.25, 0.3) is 0 Å². The van der Waals surface area contributed by atoms with Gasteiger partial charge in [-0.3, -0.25) is 14.4 Å². The van der Waals surface area contributed by atoms with Gasteiger partial charge in [0.15, 0.2) is 0 Å². The SMILES string of the molecule is NC(=O)[C@@H](CC(=O)O)NC(=O)Cc1cccc(F)c1. The molecule has 4 N–H and O–H groups in total. The molecule has 0 aliphatic carbocycles. The zero-order valence-corrected chi connectivity index (χ0v) is 9.93. The molecule has 0 saturated heterocycles. The number of halogens is 1. The lowest BCUT2D eigenvalue weighted by molar-refractivity contribution is -0.140. The number of rotatable bonds is 6. The first-order valence-corrected chi connectivity index (χ1v) is 5.43. The molecule has 6 nitrogen and oxygen atoms in total. The van der Waals surface area contributed by atoms with Crippen molar-refractivity contribution in [2.75, 3.05) is 0 Å². The first kappa shape index (κ1) is 14.6. The molecular formula is C12H13FN2O4. The molecule has 0 radical (unpaired) electrons. The number of hydrogen-bond donors (Lipinski definition) is 3. The summed E-state index contributed by atoms with van der Waals surface area (Å²) in [6.45, 7) is 0. The minimum absolute atomic E-state index is 0.166. The van der Waals surface area contributed by atoms with Crippen LogP contribution in [-0.2, 0) is 20.8 Å². The van der Waals surface area contributed by atoms with Gasteiger partial charge in [0.05, 0.1) is 12.8 Å². The monoisotopic (exact) mass is 268 g/mol. The van der Waals surface area contributed by atoms with E-state index in [0.29, 0.717) is 5.56 Å². The zero-order valence-electron chi connectivity index (χ0n) is 9.93. The van der Waals surface area contributed by atoms with Gasteiger partial charge in [-0.25, -0.2) is 4.39 Å². The van der Waals surface area contributed by atoms with Crippen molar-refractivity contribution in [3.05, 3.63) is 35.6 Å². The lowest BCUT2D eigenvalue weighted by Gasteiger charge is -2.13. The van der Waals surface area contributed by atoms with Gasteiger partial charge in [0.1, 0.15) is 11.9 Å². The summed E-state index contributed by atoms with van der Waals surface area (Å²) < 4.78 is 12.9. The molecule has 2 amide bonds. The van der Waals surface area contributed by atoms with E-state index >= 15 is 0 Å². The van der Waals surface area contributed by atoms with E-state index in [-0.39, 0.29) is 6.42 Å². The third-order valence-corrected chi connectivity index (χ3v) is 2.31. The summed E-state index contributed by atoms with van der Waals surface area (Å²) in [5, 5.41) is 10.8. The van der Waals surface area contributed by atoms with Crippen molar-refractivity contribution in [1.82, 2.24) is 5.32 Å². The molecule has 19 heavy (non-hydrogen) atoms. The number of benzene rings is 1. The lowest BCUT2D eigenvalue weighted by Crippen LogP contribution is -2.46. The van der Waals surface area contributed by atoms with Crippen LogP contribution in [0.2, 0.25) is 0 Å². The van der Waals surface area contributed by atoms with Crippen LogP contribution in [0.5, 0.6) is 0 Å². The molecule has 0 spiro atoms. The second-order valence-electron chi connectivity index (χ2n) is 3.93. The first-order chi connectivity index (χ1) is 8.88. The highest BCUT2D eigenvalue weighted by atomic mass is 19.1. The molecule has 7 heteroatoms. The fraction of sp³-hybridized carbons (Fsp3) is 0.250. The van der Waals surface area contributed by atoms with Crippen molar-refractivity contribution in [1.29, 1.82) is 0 Å². The van der Waals surface area contributed by atoms with Crippen LogP contribution in [-0.4, -0.2) is 28.9 Å². The van der Waals surface area contributed by atoms with Crippen LogP contribution in [0, 0.1) is 5.82 Å². The van der Waals surface area contributed by atoms with Gasteiger partial charge in [-0.15, -0.1) is 0 Å². The van der Waals surface area contributed by atoms with E-state index in [9.17, 15) is 18.8 Å². The van der Waals surface area contributed by atoms with Crippen molar-refractivity contribution >= 4 is 17.8 Å². The first-order valence-electron chi connectivity index (χ1n) is 5.43. The van der Waals surface area contributed by atoms with Crippen LogP contribution in [0.15, 0.2) is 24.3 Å². The predicted molar refractivity (Wildman–Crippen MR) is 63.5 cm³/mol. The Morgan fingerprint density at radius 2 is 2.05 bits per heavy atom. The molecule has 0 unspecified atom stereocenters. The Bertz CT molecular complexity index is 504. The van der Waals surface area contributed by atoms with Crippen molar-refractivity contribution in [3.8, 4) is 0 Å². The zero-order chi connectivity index (χ0) is 14.4. The smallest absolute Gasteiger partial charge is 0.305 e. The van der Waals surface area contributed by atoms with Crippen molar-refractivity contribution < 1.29 is 23.9 Å². The summed E-state index contributed by atoms with van der Waals surface area (Å²) in [4.78, 5) is 33.0. The predicted octanol–water partition coefficient (Wildman–Crippen LogP) is -0.187. The summed E-state index contributed by atoms with van der Waals surface area (Å²) in [6.07, 6.45) is -0.759. The number of aliphatic carboxylic acids is 1. The van der Waals surface area contributed by atoms with E-state index < -0.39 is 36.1 Å². The van der Waals surface area contributed by atoms with Crippen LogP contribution in [0.4, 0.5) is 4.39 Å². The largest absolute Gasteiger partial charge is 0.481 e. The Hall–Kier alpha value is -2.44. The summed E-state index contributed by atoms with van der Waals surface area (Å²) in [5.74, 6) is -3.28. The summed E-state index contributed by atoms with van der Waals surface area (Å²) in [5.41, 5.74) is 5.39. The summed E-state index contributed by atoms with van der Waals surface area (Å²) in [7, 11) is 0. The number of amides is 2. The third kappa shape index (κ3) is 5.15. The number of carboxylic acids is 1. The molecule has 0 aliphatic rings. The summed E-state index contributed by atoms with van der Waals surface area (Å²) >= 11 is 0. The Balaban J connectivity index is 2.62. The molecule has 1 rings (SSSR count). The quantitative estimate of drug-likeness (QED) is 0.664. The van der Waals surface area contributed by atoms with E-state index in [1.165, 1.54) is 18.2 Å². The van der Waals surface area contributed by atoms with Crippen LogP contribution >= 0.6 is 0 Å². The maximum atomic E-state index is 12.9. The molecule has 1 atom stereocenters. The van der Waals surface area contributed by atoms with Gasteiger partial charge in [-0.1, -0.05) is 12.1 Å². The normalized spacial score (nSPS) is 11.6. The van der Waals surface area contributed by atoms with Crippen molar-refractivity contribution in [3.63, 3.8) is 0 Å². The highest BCUT2D eigenvalue weighted by Gasteiger charge is 2.21. The van der Waals surface area contributed by atoms with Gasteiger partial charge < -0.3 is 16.2 Å². The average Bonchev–Trinajstić information content (AvgIpc) is 2.27. The van der Waals surface area contributed by atoms with Crippen LogP contribution < -0.4 is 11.1 Å². The number of hydrogen-bond acceptors (Lipinski definition) is 3. The molecule has 1 aromatic carbocycles. The topological polar surface area (TPSA) is 109 Å². The van der Waals surface area contributed by atoms with Gasteiger partial charge in [0.2, 0.25) is 11.8 Å². The maximum Gasteiger partial charge on any atom is 0.305 e. The minimum atomic E-state index is -1.28. The standard InChI is InChI=1S/C12H13FN2O4/c13-8-3-1-2-7(4-8)5-10(16)15-9(12(14)19)6-11(17)18/h1-4,9H,5-6H2,(H2,14,19)(H,15,16)(H,17,18)/t9-/m1/s1. The molecule has 0 aliphatic heterocycles. The molecule has 0 fully saturated rings. The number of carbonyl (C=O) groups excluding carboxylic acids is 2. The molecule has 0 saturated carbocycles. The van der Waals surface area contributed by atoms with E-state index in [1.807, 2.05) is 0 Å². The molecular weight excluding hydrogens is 255 g/mol. The number of nitrogens with two attached hydrogens (primary N) is 1. The Morgan fingerprint density at radius 3 is 2.58 bits per heavy atom. The van der Waals surface area contributed by atoms with Gasteiger partial charge in [-0.2, -0.15) is 0 Å². The number of carboxylic acid groups (broad SMARTS) is 1. The Morgan fingerprint density at radius 1 is 1.37 bits per heavy atom. The summed E-state index contributed by atoms with van der Waals surface area (Å²) in [6, 6.07) is 4.12. The van der Waals surface area contributed by atoms with E-state index in [2.05, 4.69) is 5.32 Å². The highest BCUT2D eigenvalue weighted by molar-refractivity contribution is 5.90. The average molecular weight is 268 g/mol. The number of carbonyl (C=O) groups is 3. The number of nitrogens with one attached hydrogen (secondary N) is 1. The van der Waals surface area contributed by atoms with Crippen LogP contribution in [0.3, 0.4) is 0 Å². The third-order valence-electron chi connectivity index (χ3n) is 2.31. The molecule has 1 aromatic rings. The van der Waals surface area contributed by atoms with Gasteiger partial charge >= 0.3 is 5.97 Å². The second-order valence-corrected chi connectivity index (χ2v) is 3.93. The molecule has 102 valence electrons. The highest BCUT2D eigenvalue weighted by Crippen LogP contribution is 2.04. The van der Waals surface area contributed by atoms with E-state index in [4.69, 9.17) is 10.8 Å². The fourth-order valence-electron chi connectivity index (χ4n) is 1.48. The maximum absolute atomic E-state index is 12.9. The van der Waals surface area contributed by atoms with Crippen molar-refractivity contribution in [2.24, 2.45) is 5.73 Å². The molecule has 0 bridgehead atoms. The Kier molecular flexibility index (Phi) is 4.99. The van der Waals surface area contributed by atoms with E-state index in [0.717, 1.165) is 0 Å². The van der Waals surface area contributed by atoms with Crippen LogP contribution in [0.25, 0.3) is 0 Å². The Labute approximate surface area is 108 Å². The fourth-order valence-corrected chi connectivity index (χ4v) is 1.48. The van der Waals surface area contributed by atoms with Crippen molar-refractivity contribution in [2.45, 2.75) is 18.9 Å². The molecule has 0 aromatic heterocycles. The van der Waals surface area contributed by atoms with Gasteiger partial charge in [-0.05, 0) is 17.7 Å². The lowest BCUT2D eigenvalue weighted by atomic mass is 10.1. The second kappa shape index (κ2) is 6.48. The van der Waals surface area contributed by atoms with Gasteiger partial charge in [0, 0.05) is 0 Å². The van der Waals surface area contributed by atoms with Crippen LogP contribution in [0.1, 0.15) is 12.0 Å². The molecule has 0 heterocycles. The minimum Gasteiger partial charge on any atom is -0.481 e. The van der Waals surface area contributed by atoms with E-state index in [1.54, 1.807) is 6.07 Å².